The molecule has 4 rings (SSSR count). The lowest BCUT2D eigenvalue weighted by molar-refractivity contribution is -0.0865. The second-order valence-electron chi connectivity index (χ2n) is 9.75. The van der Waals surface area contributed by atoms with E-state index < -0.39 is 6.35 Å². The highest BCUT2D eigenvalue weighted by molar-refractivity contribution is 7.08. The molecule has 0 fully saturated rings. The fourth-order valence-corrected chi connectivity index (χ4v) is 6.11. The number of fused-ring (bicyclic) bond motifs is 1. The Balaban J connectivity index is 2.18. The van der Waals surface area contributed by atoms with E-state index in [0.29, 0.717) is 0 Å². The van der Waals surface area contributed by atoms with E-state index in [0.717, 1.165) is 5.78 Å². The highest BCUT2D eigenvalue weighted by Gasteiger charge is 2.54. The summed E-state index contributed by atoms with van der Waals surface area (Å²) in [5, 5.41) is 0. The van der Waals surface area contributed by atoms with Crippen LogP contribution in [0.2, 0.25) is 0 Å². The molecule has 0 saturated carbocycles. The van der Waals surface area contributed by atoms with Gasteiger partial charge in [0.2, 0.25) is 5.78 Å². The second-order valence-corrected chi connectivity index (χ2v) is 9.75. The zero-order valence-electron chi connectivity index (χ0n) is 20.5. The summed E-state index contributed by atoms with van der Waals surface area (Å²) in [6, 6.07) is 16.0. The third kappa shape index (κ3) is 3.22. The Hall–Kier alpha value is -2.81. The van der Waals surface area contributed by atoms with Crippen LogP contribution in [0.1, 0.15) is 50.2 Å². The van der Waals surface area contributed by atoms with Crippen molar-refractivity contribution in [1.82, 2.24) is 0 Å². The Bertz CT molecular complexity index is 1130. The SMILES string of the molecule is CC1=[O+][B-](c2c(C)cc(C)cc2C)(c2c(C)cc(C)cc2C)c2ccc(N(C)C)cc21. The molecule has 31 heavy (non-hydrogen) atoms. The molecule has 0 aromatic heterocycles. The van der Waals surface area contributed by atoms with Crippen LogP contribution in [-0.2, 0) is 0 Å². The van der Waals surface area contributed by atoms with Gasteiger partial charge in [0, 0.05) is 32.3 Å². The van der Waals surface area contributed by atoms with Crippen molar-refractivity contribution < 1.29 is 4.34 Å². The summed E-state index contributed by atoms with van der Waals surface area (Å²) in [6.45, 7) is 15.4. The minimum Gasteiger partial charge on any atom is -0.529 e. The first kappa shape index (κ1) is 21.4. The molecule has 0 saturated heterocycles. The standard InChI is InChI=1S/C28H34BNO/c1-17-12-19(3)27(20(4)13-17)29(28-21(5)14-18(2)15-22(28)6)26-11-10-24(30(8)9)16-25(26)23(7)31-29/h10-16H,1-9H3. The van der Waals surface area contributed by atoms with E-state index in [1.54, 1.807) is 0 Å². The number of nitrogens with zero attached hydrogens (tertiary/aromatic N) is 1. The first-order chi connectivity index (χ1) is 14.6. The predicted molar refractivity (Wildman–Crippen MR) is 137 cm³/mol. The van der Waals surface area contributed by atoms with Gasteiger partial charge in [-0.05, 0) is 53.7 Å². The van der Waals surface area contributed by atoms with Crippen LogP contribution in [0.3, 0.4) is 0 Å². The lowest BCUT2D eigenvalue weighted by Gasteiger charge is -2.32. The van der Waals surface area contributed by atoms with Gasteiger partial charge in [-0.15, -0.1) is 0 Å². The van der Waals surface area contributed by atoms with Crippen molar-refractivity contribution >= 4 is 34.2 Å². The Morgan fingerprint density at radius 1 is 0.645 bits per heavy atom. The Morgan fingerprint density at radius 3 is 1.52 bits per heavy atom. The lowest BCUT2D eigenvalue weighted by Crippen LogP contribution is -2.68. The van der Waals surface area contributed by atoms with E-state index in [4.69, 9.17) is 4.34 Å². The van der Waals surface area contributed by atoms with E-state index in [-0.39, 0.29) is 0 Å². The Labute approximate surface area is 187 Å². The first-order valence-corrected chi connectivity index (χ1v) is 11.2. The van der Waals surface area contributed by atoms with Crippen molar-refractivity contribution in [2.45, 2.75) is 48.5 Å². The third-order valence-electron chi connectivity index (χ3n) is 7.01. The van der Waals surface area contributed by atoms with Crippen LogP contribution in [0, 0.1) is 41.5 Å². The summed E-state index contributed by atoms with van der Waals surface area (Å²) in [6.07, 6.45) is -1.57. The third-order valence-corrected chi connectivity index (χ3v) is 7.01. The summed E-state index contributed by atoms with van der Waals surface area (Å²) >= 11 is 0. The number of hydrogen-bond acceptors (Lipinski definition) is 1. The van der Waals surface area contributed by atoms with Gasteiger partial charge in [-0.1, -0.05) is 80.1 Å². The number of hydrogen-bond donors (Lipinski definition) is 0. The predicted octanol–water partition coefficient (Wildman–Crippen LogP) is 4.32. The largest absolute Gasteiger partial charge is 0.529 e. The normalized spacial score (nSPS) is 14.4. The lowest BCUT2D eigenvalue weighted by atomic mass is 9.26. The molecule has 1 aliphatic rings. The van der Waals surface area contributed by atoms with Crippen molar-refractivity contribution in [3.05, 3.63) is 81.4 Å². The van der Waals surface area contributed by atoms with Crippen molar-refractivity contribution in [2.75, 3.05) is 19.0 Å². The zero-order chi connectivity index (χ0) is 22.7. The molecule has 1 aliphatic heterocycles. The van der Waals surface area contributed by atoms with Gasteiger partial charge < -0.3 is 9.24 Å². The van der Waals surface area contributed by atoms with Crippen molar-refractivity contribution in [3.8, 4) is 0 Å². The molecule has 3 aromatic carbocycles. The van der Waals surface area contributed by atoms with E-state index in [1.807, 2.05) is 0 Å². The van der Waals surface area contributed by atoms with Gasteiger partial charge in [0.25, 0.3) is 0 Å². The maximum atomic E-state index is 7.09. The molecule has 0 radical (unpaired) electrons. The molecule has 0 bridgehead atoms. The molecule has 3 aromatic rings. The maximum absolute atomic E-state index is 7.09. The van der Waals surface area contributed by atoms with Crippen LogP contribution in [0.15, 0.2) is 42.5 Å². The van der Waals surface area contributed by atoms with Crippen LogP contribution < -0.4 is 21.3 Å². The Morgan fingerprint density at radius 2 is 1.10 bits per heavy atom. The van der Waals surface area contributed by atoms with Crippen LogP contribution in [0.4, 0.5) is 5.69 Å². The molecule has 3 heteroatoms. The summed E-state index contributed by atoms with van der Waals surface area (Å²) in [4.78, 5) is 2.16. The smallest absolute Gasteiger partial charge is 0.489 e. The van der Waals surface area contributed by atoms with Gasteiger partial charge in [0.05, 0.1) is 0 Å². The van der Waals surface area contributed by atoms with Crippen molar-refractivity contribution in [1.29, 1.82) is 0 Å². The van der Waals surface area contributed by atoms with Gasteiger partial charge in [-0.2, -0.15) is 0 Å². The molecule has 1 heterocycles. The van der Waals surface area contributed by atoms with E-state index in [1.165, 1.54) is 61.0 Å². The topological polar surface area (TPSA) is 14.5 Å². The van der Waals surface area contributed by atoms with Crippen LogP contribution >= 0.6 is 0 Å². The van der Waals surface area contributed by atoms with E-state index >= 15 is 0 Å². The molecule has 0 spiro atoms. The molecule has 2 nitrogen and oxygen atoms in total. The number of carbonyl (C=O) groups excluding carboxylic acids is 1. The Kier molecular flexibility index (Phi) is 5.12. The van der Waals surface area contributed by atoms with Gasteiger partial charge >= 0.3 is 6.35 Å². The molecule has 160 valence electrons. The van der Waals surface area contributed by atoms with Gasteiger partial charge in [0.1, 0.15) is 0 Å². The highest BCUT2D eigenvalue weighted by atomic mass is 16.3. The maximum Gasteiger partial charge on any atom is 0.489 e. The molecular weight excluding hydrogens is 377 g/mol. The zero-order valence-corrected chi connectivity index (χ0v) is 20.5. The monoisotopic (exact) mass is 411 g/mol. The summed E-state index contributed by atoms with van der Waals surface area (Å²) in [5.41, 5.74) is 14.2. The fourth-order valence-electron chi connectivity index (χ4n) is 6.11. The fraction of sp³-hybridized carbons (Fsp3) is 0.321. The minimum absolute atomic E-state index is 1.01. The average Bonchev–Trinajstić information content (AvgIpc) is 2.92. The number of anilines is 1. The van der Waals surface area contributed by atoms with Crippen molar-refractivity contribution in [2.24, 2.45) is 0 Å². The molecule has 0 unspecified atom stereocenters. The molecule has 0 aliphatic carbocycles. The molecule has 0 N–H and O–H groups in total. The second kappa shape index (κ2) is 7.41. The average molecular weight is 411 g/mol. The van der Waals surface area contributed by atoms with Crippen LogP contribution in [0.5, 0.6) is 0 Å². The van der Waals surface area contributed by atoms with Crippen LogP contribution in [-0.4, -0.2) is 26.2 Å². The highest BCUT2D eigenvalue weighted by Crippen LogP contribution is 2.27. The summed E-state index contributed by atoms with van der Waals surface area (Å²) in [5.74, 6) is 1.01. The number of benzene rings is 3. The number of ketones is 1. The van der Waals surface area contributed by atoms with E-state index in [9.17, 15) is 0 Å². The summed E-state index contributed by atoms with van der Waals surface area (Å²) < 4.78 is 7.09. The van der Waals surface area contributed by atoms with Crippen LogP contribution in [0.25, 0.3) is 0 Å². The summed E-state index contributed by atoms with van der Waals surface area (Å²) in [7, 11) is 4.18. The van der Waals surface area contributed by atoms with Crippen molar-refractivity contribution in [3.63, 3.8) is 0 Å². The first-order valence-electron chi connectivity index (χ1n) is 11.2. The molecule has 0 amide bonds. The number of rotatable bonds is 3. The number of aryl methyl sites for hydroxylation is 6. The van der Waals surface area contributed by atoms with E-state index in [2.05, 4.69) is 110 Å². The molecule has 0 atom stereocenters. The van der Waals surface area contributed by atoms with Gasteiger partial charge in [-0.3, -0.25) is 0 Å². The van der Waals surface area contributed by atoms with Gasteiger partial charge in [-0.25, -0.2) is 0 Å². The minimum atomic E-state index is -1.57. The van der Waals surface area contributed by atoms with Gasteiger partial charge in [0.15, 0.2) is 0 Å². The molecular formula is C28H34BNO. The quantitative estimate of drug-likeness (QED) is 0.463.